The Balaban J connectivity index is 2.62. The van der Waals surface area contributed by atoms with Crippen LogP contribution in [0.25, 0.3) is 0 Å². The molecule has 0 aliphatic carbocycles. The van der Waals surface area contributed by atoms with Gasteiger partial charge in [0.05, 0.1) is 0 Å². The summed E-state index contributed by atoms with van der Waals surface area (Å²) >= 11 is 1.02. The van der Waals surface area contributed by atoms with Crippen molar-refractivity contribution in [2.24, 2.45) is 5.92 Å². The van der Waals surface area contributed by atoms with E-state index >= 15 is 0 Å². The fraction of sp³-hybridized carbons (Fsp3) is 0.444. The van der Waals surface area contributed by atoms with Crippen LogP contribution < -0.4 is 5.43 Å². The zero-order valence-electron chi connectivity index (χ0n) is 9.01. The normalized spacial score (nSPS) is 10.2. The van der Waals surface area contributed by atoms with Crippen LogP contribution in [0.5, 0.6) is 0 Å². The minimum atomic E-state index is -1.17. The number of hydrazine groups is 1. The van der Waals surface area contributed by atoms with Crippen molar-refractivity contribution >= 4 is 23.5 Å². The lowest BCUT2D eigenvalue weighted by molar-refractivity contribution is 0.0735. The molecule has 1 aromatic heterocycles. The lowest BCUT2D eigenvalue weighted by atomic mass is 10.2. The minimum absolute atomic E-state index is 0.137. The Bertz CT molecular complexity index is 364. The fourth-order valence-corrected chi connectivity index (χ4v) is 1.53. The lowest BCUT2D eigenvalue weighted by Crippen LogP contribution is -2.47. The summed E-state index contributed by atoms with van der Waals surface area (Å²) in [5, 5.41) is 9.75. The second-order valence-corrected chi connectivity index (χ2v) is 4.44. The topological polar surface area (TPSA) is 82.5 Å². The third kappa shape index (κ3) is 3.50. The third-order valence-electron chi connectivity index (χ3n) is 1.68. The molecule has 0 fully saturated rings. The maximum absolute atomic E-state index is 11.6. The number of amides is 2. The van der Waals surface area contributed by atoms with E-state index in [-0.39, 0.29) is 12.5 Å². The molecule has 0 saturated carbocycles. The van der Waals surface area contributed by atoms with Gasteiger partial charge in [-0.15, -0.1) is 0 Å². The highest BCUT2D eigenvalue weighted by atomic mass is 32.1. The molecule has 1 aromatic rings. The molecule has 0 saturated heterocycles. The molecule has 6 nitrogen and oxygen atoms in total. The standard InChI is InChI=1S/C9H13N3O3S/c1-6(2)5-12(9(14)15)11-8(13)7-3-4-10-16-7/h3-4,6H,5H2,1-2H3,(H,11,13)(H,14,15). The summed E-state index contributed by atoms with van der Waals surface area (Å²) in [5.41, 5.74) is 2.32. The van der Waals surface area contributed by atoms with Gasteiger partial charge in [-0.3, -0.25) is 10.2 Å². The average Bonchev–Trinajstić information content (AvgIpc) is 2.68. The van der Waals surface area contributed by atoms with E-state index < -0.39 is 12.0 Å². The molecular weight excluding hydrogens is 230 g/mol. The van der Waals surface area contributed by atoms with E-state index in [9.17, 15) is 9.59 Å². The number of nitrogens with one attached hydrogen (secondary N) is 1. The van der Waals surface area contributed by atoms with Crippen LogP contribution in [0.3, 0.4) is 0 Å². The molecule has 0 spiro atoms. The summed E-state index contributed by atoms with van der Waals surface area (Å²) in [4.78, 5) is 22.8. The van der Waals surface area contributed by atoms with Gasteiger partial charge in [-0.1, -0.05) is 13.8 Å². The molecule has 1 rings (SSSR count). The smallest absolute Gasteiger partial charge is 0.426 e. The Labute approximate surface area is 97.0 Å². The Kier molecular flexibility index (Phi) is 4.24. The predicted octanol–water partition coefficient (Wildman–Crippen LogP) is 1.42. The van der Waals surface area contributed by atoms with Crippen LogP contribution in [0.1, 0.15) is 23.5 Å². The van der Waals surface area contributed by atoms with E-state index in [1.165, 1.54) is 12.3 Å². The number of hydrogen-bond acceptors (Lipinski definition) is 4. The highest BCUT2D eigenvalue weighted by Gasteiger charge is 2.17. The molecule has 0 atom stereocenters. The Morgan fingerprint density at radius 3 is 2.75 bits per heavy atom. The van der Waals surface area contributed by atoms with Gasteiger partial charge in [-0.2, -0.15) is 0 Å². The SMILES string of the molecule is CC(C)CN(NC(=O)c1ccns1)C(=O)O. The van der Waals surface area contributed by atoms with Gasteiger partial charge in [0.15, 0.2) is 0 Å². The van der Waals surface area contributed by atoms with Crippen LogP contribution in [-0.4, -0.2) is 33.0 Å². The van der Waals surface area contributed by atoms with Crippen molar-refractivity contribution in [2.45, 2.75) is 13.8 Å². The van der Waals surface area contributed by atoms with E-state index in [0.29, 0.717) is 4.88 Å². The molecule has 2 N–H and O–H groups in total. The lowest BCUT2D eigenvalue weighted by Gasteiger charge is -2.21. The van der Waals surface area contributed by atoms with Gasteiger partial charge in [0.2, 0.25) is 0 Å². The highest BCUT2D eigenvalue weighted by molar-refractivity contribution is 7.08. The summed E-state index contributed by atoms with van der Waals surface area (Å²) < 4.78 is 3.77. The monoisotopic (exact) mass is 243 g/mol. The van der Waals surface area contributed by atoms with Crippen molar-refractivity contribution in [1.29, 1.82) is 0 Å². The largest absolute Gasteiger partial charge is 0.464 e. The quantitative estimate of drug-likeness (QED) is 0.786. The van der Waals surface area contributed by atoms with Gasteiger partial charge >= 0.3 is 6.09 Å². The zero-order valence-corrected chi connectivity index (χ0v) is 9.82. The second-order valence-electron chi connectivity index (χ2n) is 3.60. The Morgan fingerprint density at radius 2 is 2.31 bits per heavy atom. The predicted molar refractivity (Wildman–Crippen MR) is 59.1 cm³/mol. The van der Waals surface area contributed by atoms with Gasteiger partial charge in [0, 0.05) is 12.7 Å². The van der Waals surface area contributed by atoms with Crippen molar-refractivity contribution in [2.75, 3.05) is 6.54 Å². The van der Waals surface area contributed by atoms with Gasteiger partial charge in [-0.05, 0) is 23.5 Å². The first-order valence-electron chi connectivity index (χ1n) is 4.73. The molecule has 0 unspecified atom stereocenters. The number of aromatic nitrogens is 1. The summed E-state index contributed by atoms with van der Waals surface area (Å²) in [6, 6.07) is 1.54. The molecule has 7 heteroatoms. The highest BCUT2D eigenvalue weighted by Crippen LogP contribution is 2.05. The van der Waals surface area contributed by atoms with Crippen molar-refractivity contribution in [3.63, 3.8) is 0 Å². The molecule has 0 aliphatic rings. The maximum Gasteiger partial charge on any atom is 0.426 e. The van der Waals surface area contributed by atoms with Crippen molar-refractivity contribution < 1.29 is 14.7 Å². The van der Waals surface area contributed by atoms with E-state index in [1.807, 2.05) is 13.8 Å². The van der Waals surface area contributed by atoms with Crippen molar-refractivity contribution in [3.8, 4) is 0 Å². The number of nitrogens with zero attached hydrogens (tertiary/aromatic N) is 2. The zero-order chi connectivity index (χ0) is 12.1. The first-order chi connectivity index (χ1) is 7.50. The van der Waals surface area contributed by atoms with Gasteiger partial charge in [0.25, 0.3) is 5.91 Å². The molecule has 88 valence electrons. The molecule has 2 amide bonds. The first kappa shape index (κ1) is 12.4. The molecule has 0 aliphatic heterocycles. The number of carbonyl (C=O) groups is 2. The number of hydrogen-bond donors (Lipinski definition) is 2. The molecule has 0 radical (unpaired) electrons. The number of carbonyl (C=O) groups excluding carboxylic acids is 1. The molecule has 0 aromatic carbocycles. The molecule has 0 bridgehead atoms. The Morgan fingerprint density at radius 1 is 1.62 bits per heavy atom. The van der Waals surface area contributed by atoms with Crippen LogP contribution >= 0.6 is 11.5 Å². The first-order valence-corrected chi connectivity index (χ1v) is 5.50. The van der Waals surface area contributed by atoms with Crippen molar-refractivity contribution in [3.05, 3.63) is 17.1 Å². The summed E-state index contributed by atoms with van der Waals surface area (Å²) in [6.07, 6.45) is 0.319. The van der Waals surface area contributed by atoms with Crippen LogP contribution in [-0.2, 0) is 0 Å². The second kappa shape index (κ2) is 5.45. The summed E-state index contributed by atoms with van der Waals surface area (Å²) in [5.74, 6) is -0.316. The molecule has 16 heavy (non-hydrogen) atoms. The van der Waals surface area contributed by atoms with Gasteiger partial charge in [0.1, 0.15) is 4.88 Å². The molecular formula is C9H13N3O3S. The van der Waals surface area contributed by atoms with Crippen LogP contribution in [0.15, 0.2) is 12.3 Å². The summed E-state index contributed by atoms with van der Waals surface area (Å²) in [7, 11) is 0. The van der Waals surface area contributed by atoms with Crippen molar-refractivity contribution in [1.82, 2.24) is 14.8 Å². The minimum Gasteiger partial charge on any atom is -0.464 e. The Hall–Kier alpha value is -1.63. The van der Waals surface area contributed by atoms with E-state index in [1.54, 1.807) is 0 Å². The summed E-state index contributed by atoms with van der Waals surface area (Å²) in [6.45, 7) is 3.99. The van der Waals surface area contributed by atoms with Crippen LogP contribution in [0.4, 0.5) is 4.79 Å². The van der Waals surface area contributed by atoms with E-state index in [4.69, 9.17) is 5.11 Å². The van der Waals surface area contributed by atoms with Crippen LogP contribution in [0.2, 0.25) is 0 Å². The van der Waals surface area contributed by atoms with Gasteiger partial charge < -0.3 is 5.11 Å². The van der Waals surface area contributed by atoms with Crippen LogP contribution in [0, 0.1) is 5.92 Å². The van der Waals surface area contributed by atoms with E-state index in [0.717, 1.165) is 16.5 Å². The maximum atomic E-state index is 11.6. The molecule has 1 heterocycles. The van der Waals surface area contributed by atoms with E-state index in [2.05, 4.69) is 9.80 Å². The number of carboxylic acid groups (broad SMARTS) is 1. The van der Waals surface area contributed by atoms with Gasteiger partial charge in [-0.25, -0.2) is 14.2 Å². The fourth-order valence-electron chi connectivity index (χ4n) is 1.05. The number of rotatable bonds is 3. The third-order valence-corrected chi connectivity index (χ3v) is 2.42. The average molecular weight is 243 g/mol.